The number of aliphatic carboxylic acids is 1. The average molecular weight is 295 g/mol. The van der Waals surface area contributed by atoms with E-state index in [0.717, 1.165) is 26.2 Å². The summed E-state index contributed by atoms with van der Waals surface area (Å²) in [5, 5.41) is 17.7. The van der Waals surface area contributed by atoms with Gasteiger partial charge in [-0.25, -0.2) is 0 Å². The van der Waals surface area contributed by atoms with Crippen molar-refractivity contribution in [3.63, 3.8) is 0 Å². The molecule has 6 nitrogen and oxygen atoms in total. The molecule has 0 amide bonds. The smallest absolute Gasteiger partial charge is 0.317 e. The predicted molar refractivity (Wildman–Crippen MR) is 82.3 cm³/mol. The van der Waals surface area contributed by atoms with Crippen LogP contribution in [0.2, 0.25) is 0 Å². The van der Waals surface area contributed by atoms with E-state index in [9.17, 15) is 4.79 Å². The molecule has 118 valence electrons. The lowest BCUT2D eigenvalue weighted by molar-refractivity contribution is -0.135. The molecule has 1 aromatic rings. The lowest BCUT2D eigenvalue weighted by Crippen LogP contribution is -2.35. The highest BCUT2D eigenvalue weighted by Gasteiger charge is 1.94. The van der Waals surface area contributed by atoms with Gasteiger partial charge in [0.1, 0.15) is 0 Å². The van der Waals surface area contributed by atoms with Crippen molar-refractivity contribution in [1.29, 1.82) is 0 Å². The van der Waals surface area contributed by atoms with Crippen molar-refractivity contribution in [2.24, 2.45) is 0 Å². The van der Waals surface area contributed by atoms with Crippen LogP contribution >= 0.6 is 0 Å². The van der Waals surface area contributed by atoms with E-state index in [2.05, 4.69) is 28.1 Å². The molecule has 0 aromatic heterocycles. The summed E-state index contributed by atoms with van der Waals surface area (Å²) in [4.78, 5) is 10.2. The van der Waals surface area contributed by atoms with Crippen LogP contribution in [0.25, 0.3) is 0 Å². The maximum Gasteiger partial charge on any atom is 0.317 e. The summed E-state index contributed by atoms with van der Waals surface area (Å²) in [6.45, 7) is 5.32. The lowest BCUT2D eigenvalue weighted by Gasteiger charge is -2.08. The van der Waals surface area contributed by atoms with Gasteiger partial charge in [0.15, 0.2) is 0 Å². The van der Waals surface area contributed by atoms with Gasteiger partial charge in [0, 0.05) is 32.7 Å². The molecule has 6 heteroatoms. The molecule has 0 aliphatic carbocycles. The average Bonchev–Trinajstić information content (AvgIpc) is 2.49. The van der Waals surface area contributed by atoms with Crippen LogP contribution in [0.3, 0.4) is 0 Å². The fourth-order valence-electron chi connectivity index (χ4n) is 1.71. The first-order chi connectivity index (χ1) is 10.3. The van der Waals surface area contributed by atoms with Gasteiger partial charge in [-0.1, -0.05) is 30.3 Å². The third-order valence-corrected chi connectivity index (χ3v) is 2.77. The van der Waals surface area contributed by atoms with Gasteiger partial charge in [0.25, 0.3) is 0 Å². The van der Waals surface area contributed by atoms with Gasteiger partial charge in [-0.15, -0.1) is 0 Å². The quantitative estimate of drug-likeness (QED) is 0.385. The first-order valence-electron chi connectivity index (χ1n) is 7.24. The van der Waals surface area contributed by atoms with Crippen molar-refractivity contribution < 1.29 is 14.6 Å². The van der Waals surface area contributed by atoms with E-state index < -0.39 is 5.97 Å². The van der Waals surface area contributed by atoms with Crippen LogP contribution in [0, 0.1) is 0 Å². The van der Waals surface area contributed by atoms with E-state index in [4.69, 9.17) is 9.84 Å². The van der Waals surface area contributed by atoms with E-state index in [1.54, 1.807) is 0 Å². The fraction of sp³-hybridized carbons (Fsp3) is 0.533. The zero-order valence-electron chi connectivity index (χ0n) is 12.3. The Labute approximate surface area is 125 Å². The first kappa shape index (κ1) is 17.6. The van der Waals surface area contributed by atoms with Gasteiger partial charge in [-0.2, -0.15) is 0 Å². The number of carbonyl (C=O) groups is 1. The molecule has 0 heterocycles. The van der Waals surface area contributed by atoms with Gasteiger partial charge in [0.2, 0.25) is 0 Å². The fourth-order valence-corrected chi connectivity index (χ4v) is 1.71. The highest BCUT2D eigenvalue weighted by atomic mass is 16.5. The van der Waals surface area contributed by atoms with Crippen LogP contribution in [0.4, 0.5) is 0 Å². The lowest BCUT2D eigenvalue weighted by atomic mass is 10.2. The monoisotopic (exact) mass is 295 g/mol. The number of carboxylic acids is 1. The summed E-state index contributed by atoms with van der Waals surface area (Å²) >= 11 is 0. The van der Waals surface area contributed by atoms with Crippen LogP contribution in [-0.2, 0) is 16.1 Å². The van der Waals surface area contributed by atoms with E-state index >= 15 is 0 Å². The van der Waals surface area contributed by atoms with E-state index in [1.807, 2.05) is 18.2 Å². The molecule has 4 N–H and O–H groups in total. The third-order valence-electron chi connectivity index (χ3n) is 2.77. The molecule has 0 aliphatic heterocycles. The zero-order valence-corrected chi connectivity index (χ0v) is 12.3. The van der Waals surface area contributed by atoms with E-state index in [1.165, 1.54) is 5.56 Å². The van der Waals surface area contributed by atoms with E-state index in [0.29, 0.717) is 19.8 Å². The Morgan fingerprint density at radius 2 is 1.57 bits per heavy atom. The molecule has 0 saturated heterocycles. The molecule has 0 unspecified atom stereocenters. The van der Waals surface area contributed by atoms with Gasteiger partial charge < -0.3 is 25.8 Å². The number of benzene rings is 1. The van der Waals surface area contributed by atoms with Crippen molar-refractivity contribution in [3.05, 3.63) is 35.9 Å². The molecule has 0 spiro atoms. The number of carboxylic acid groups (broad SMARTS) is 1. The topological polar surface area (TPSA) is 82.6 Å². The number of nitrogens with one attached hydrogen (secondary N) is 3. The van der Waals surface area contributed by atoms with Crippen molar-refractivity contribution >= 4 is 5.97 Å². The molecule has 21 heavy (non-hydrogen) atoms. The van der Waals surface area contributed by atoms with Crippen molar-refractivity contribution in [2.45, 2.75) is 6.61 Å². The molecule has 1 aromatic carbocycles. The maximum absolute atomic E-state index is 10.2. The minimum absolute atomic E-state index is 0.0126. The van der Waals surface area contributed by atoms with Crippen molar-refractivity contribution in [2.75, 3.05) is 45.9 Å². The molecular formula is C15H25N3O3. The van der Waals surface area contributed by atoms with Crippen molar-refractivity contribution in [1.82, 2.24) is 16.0 Å². The molecule has 0 fully saturated rings. The molecule has 0 radical (unpaired) electrons. The molecule has 0 aliphatic rings. The van der Waals surface area contributed by atoms with Crippen LogP contribution in [-0.4, -0.2) is 57.0 Å². The highest BCUT2D eigenvalue weighted by molar-refractivity contribution is 5.68. The maximum atomic E-state index is 10.2. The van der Waals surface area contributed by atoms with Gasteiger partial charge in [-0.05, 0) is 5.56 Å². The van der Waals surface area contributed by atoms with Gasteiger partial charge >= 0.3 is 5.97 Å². The van der Waals surface area contributed by atoms with Crippen LogP contribution in [0.5, 0.6) is 0 Å². The van der Waals surface area contributed by atoms with Crippen LogP contribution < -0.4 is 16.0 Å². The standard InChI is InChI=1S/C15H25N3O3/c19-15(20)12-18-9-8-16-6-7-17-10-11-21-13-14-4-2-1-3-5-14/h1-5,16-18H,6-13H2,(H,19,20). The normalized spacial score (nSPS) is 10.7. The number of rotatable bonds is 13. The number of hydrogen-bond donors (Lipinski definition) is 4. The molecule has 0 atom stereocenters. The summed E-state index contributed by atoms with van der Waals surface area (Å²) in [7, 11) is 0. The Morgan fingerprint density at radius 1 is 0.952 bits per heavy atom. The summed E-state index contributed by atoms with van der Waals surface area (Å²) < 4.78 is 5.55. The van der Waals surface area contributed by atoms with E-state index in [-0.39, 0.29) is 6.54 Å². The highest BCUT2D eigenvalue weighted by Crippen LogP contribution is 1.99. The second-order valence-corrected chi connectivity index (χ2v) is 4.61. The zero-order chi connectivity index (χ0) is 15.2. The number of hydrogen-bond acceptors (Lipinski definition) is 5. The Morgan fingerprint density at radius 3 is 2.24 bits per heavy atom. The number of ether oxygens (including phenoxy) is 1. The SMILES string of the molecule is O=C(O)CNCCNCCNCCOCc1ccccc1. The Hall–Kier alpha value is -1.47. The van der Waals surface area contributed by atoms with Crippen LogP contribution in [0.1, 0.15) is 5.56 Å². The van der Waals surface area contributed by atoms with Crippen molar-refractivity contribution in [3.8, 4) is 0 Å². The first-order valence-corrected chi connectivity index (χ1v) is 7.24. The molecular weight excluding hydrogens is 270 g/mol. The minimum Gasteiger partial charge on any atom is -0.480 e. The third kappa shape index (κ3) is 10.9. The Kier molecular flexibility index (Phi) is 10.3. The second kappa shape index (κ2) is 12.3. The summed E-state index contributed by atoms with van der Waals surface area (Å²) in [6, 6.07) is 10.1. The Bertz CT molecular complexity index is 374. The summed E-state index contributed by atoms with van der Waals surface area (Å²) in [5.41, 5.74) is 1.19. The molecule has 0 bridgehead atoms. The molecule has 1 rings (SSSR count). The largest absolute Gasteiger partial charge is 0.480 e. The second-order valence-electron chi connectivity index (χ2n) is 4.61. The molecule has 0 saturated carbocycles. The van der Waals surface area contributed by atoms with Gasteiger partial charge in [0.05, 0.1) is 19.8 Å². The van der Waals surface area contributed by atoms with Gasteiger partial charge in [-0.3, -0.25) is 4.79 Å². The minimum atomic E-state index is -0.827. The summed E-state index contributed by atoms with van der Waals surface area (Å²) in [5.74, 6) is -0.827. The predicted octanol–water partition coefficient (Wildman–Crippen LogP) is 0.0566. The summed E-state index contributed by atoms with van der Waals surface area (Å²) in [6.07, 6.45) is 0. The Balaban J connectivity index is 1.78. The van der Waals surface area contributed by atoms with Crippen LogP contribution in [0.15, 0.2) is 30.3 Å².